The Hall–Kier alpha value is -3.30. The van der Waals surface area contributed by atoms with Crippen molar-refractivity contribution in [1.82, 2.24) is 24.5 Å². The summed E-state index contributed by atoms with van der Waals surface area (Å²) < 4.78 is 12.3. The molecule has 0 spiro atoms. The number of anilines is 1. The first-order chi connectivity index (χ1) is 14.3. The van der Waals surface area contributed by atoms with Crippen molar-refractivity contribution in [1.29, 1.82) is 0 Å². The van der Waals surface area contributed by atoms with Crippen LogP contribution in [0.15, 0.2) is 30.6 Å². The molecular formula is C21H24N6O3. The second kappa shape index (κ2) is 7.51. The van der Waals surface area contributed by atoms with Gasteiger partial charge in [-0.15, -0.1) is 0 Å². The van der Waals surface area contributed by atoms with Crippen LogP contribution in [0.2, 0.25) is 0 Å². The van der Waals surface area contributed by atoms with Gasteiger partial charge in [-0.05, 0) is 25.5 Å². The van der Waals surface area contributed by atoms with Crippen LogP contribution in [0.4, 0.5) is 5.82 Å². The highest BCUT2D eigenvalue weighted by Gasteiger charge is 2.22. The monoisotopic (exact) mass is 408 g/mol. The molecule has 156 valence electrons. The first-order valence-corrected chi connectivity index (χ1v) is 9.47. The van der Waals surface area contributed by atoms with Gasteiger partial charge in [-0.3, -0.25) is 0 Å². The maximum Gasteiger partial charge on any atom is 0.316 e. The van der Waals surface area contributed by atoms with Crippen molar-refractivity contribution in [3.63, 3.8) is 0 Å². The zero-order valence-corrected chi connectivity index (χ0v) is 17.4. The second-order valence-corrected chi connectivity index (χ2v) is 7.74. The molecule has 0 saturated carbocycles. The molecule has 4 aromatic rings. The highest BCUT2D eigenvalue weighted by Crippen LogP contribution is 2.32. The number of methoxy groups -OCH3 is 2. The van der Waals surface area contributed by atoms with E-state index in [-0.39, 0.29) is 0 Å². The fourth-order valence-electron chi connectivity index (χ4n) is 3.50. The van der Waals surface area contributed by atoms with E-state index in [4.69, 9.17) is 15.2 Å². The average Bonchev–Trinajstić information content (AvgIpc) is 3.05. The summed E-state index contributed by atoms with van der Waals surface area (Å²) in [5.74, 6) is 1.01. The van der Waals surface area contributed by atoms with Gasteiger partial charge in [0.2, 0.25) is 0 Å². The Kier molecular flexibility index (Phi) is 5.00. The summed E-state index contributed by atoms with van der Waals surface area (Å²) in [6.45, 7) is 4.15. The SMILES string of the molecule is COCc1nc2c(N)nc3cc(-c4cnc(OC)nc4)ccc3c2n1CC(C)(C)O. The largest absolute Gasteiger partial charge is 0.467 e. The Morgan fingerprint density at radius 3 is 2.47 bits per heavy atom. The molecule has 3 heterocycles. The number of aliphatic hydroxyl groups is 1. The van der Waals surface area contributed by atoms with E-state index in [9.17, 15) is 5.11 Å². The van der Waals surface area contributed by atoms with E-state index in [1.165, 1.54) is 7.11 Å². The van der Waals surface area contributed by atoms with Gasteiger partial charge in [0, 0.05) is 30.5 Å². The molecule has 0 aliphatic heterocycles. The molecule has 0 amide bonds. The quantitative estimate of drug-likeness (QED) is 0.499. The van der Waals surface area contributed by atoms with Crippen LogP contribution < -0.4 is 10.5 Å². The van der Waals surface area contributed by atoms with Crippen LogP contribution in [-0.2, 0) is 17.9 Å². The van der Waals surface area contributed by atoms with E-state index in [0.29, 0.717) is 41.8 Å². The molecule has 0 saturated heterocycles. The van der Waals surface area contributed by atoms with Gasteiger partial charge < -0.3 is 24.9 Å². The fourth-order valence-corrected chi connectivity index (χ4v) is 3.50. The van der Waals surface area contributed by atoms with Gasteiger partial charge in [0.15, 0.2) is 5.82 Å². The van der Waals surface area contributed by atoms with Gasteiger partial charge in [0.1, 0.15) is 17.9 Å². The molecule has 1 aromatic carbocycles. The predicted octanol–water partition coefficient (Wildman–Crippen LogP) is 2.55. The molecule has 0 atom stereocenters. The molecule has 0 unspecified atom stereocenters. The lowest BCUT2D eigenvalue weighted by molar-refractivity contribution is 0.0597. The lowest BCUT2D eigenvalue weighted by atomic mass is 10.1. The number of hydrogen-bond acceptors (Lipinski definition) is 8. The highest BCUT2D eigenvalue weighted by molar-refractivity contribution is 6.07. The summed E-state index contributed by atoms with van der Waals surface area (Å²) in [6, 6.07) is 6.20. The van der Waals surface area contributed by atoms with E-state index in [1.807, 2.05) is 22.8 Å². The minimum atomic E-state index is -0.944. The predicted molar refractivity (Wildman–Crippen MR) is 114 cm³/mol. The zero-order valence-electron chi connectivity index (χ0n) is 17.4. The Morgan fingerprint density at radius 1 is 1.10 bits per heavy atom. The van der Waals surface area contributed by atoms with Gasteiger partial charge in [-0.1, -0.05) is 12.1 Å². The van der Waals surface area contributed by atoms with E-state index < -0.39 is 5.60 Å². The van der Waals surface area contributed by atoms with Gasteiger partial charge in [-0.25, -0.2) is 19.9 Å². The molecule has 0 radical (unpaired) electrons. The van der Waals surface area contributed by atoms with Crippen LogP contribution in [0.1, 0.15) is 19.7 Å². The van der Waals surface area contributed by atoms with E-state index in [0.717, 1.165) is 22.0 Å². The Balaban J connectivity index is 1.93. The third kappa shape index (κ3) is 3.64. The maximum absolute atomic E-state index is 10.5. The first kappa shape index (κ1) is 20.0. The van der Waals surface area contributed by atoms with E-state index in [1.54, 1.807) is 33.4 Å². The van der Waals surface area contributed by atoms with E-state index in [2.05, 4.69) is 19.9 Å². The molecule has 0 aliphatic carbocycles. The van der Waals surface area contributed by atoms with Gasteiger partial charge in [0.25, 0.3) is 0 Å². The van der Waals surface area contributed by atoms with Gasteiger partial charge in [0.05, 0.1) is 30.3 Å². The molecule has 9 heteroatoms. The molecule has 3 N–H and O–H groups in total. The normalized spacial score (nSPS) is 12.0. The smallest absolute Gasteiger partial charge is 0.316 e. The number of pyridine rings is 1. The van der Waals surface area contributed by atoms with Crippen LogP contribution in [0.5, 0.6) is 6.01 Å². The van der Waals surface area contributed by atoms with E-state index >= 15 is 0 Å². The number of nitrogen functional groups attached to an aromatic ring is 1. The van der Waals surface area contributed by atoms with Crippen molar-refractivity contribution >= 4 is 27.8 Å². The number of rotatable bonds is 6. The lowest BCUT2D eigenvalue weighted by Gasteiger charge is -2.20. The summed E-state index contributed by atoms with van der Waals surface area (Å²) in [5, 5.41) is 11.3. The van der Waals surface area contributed by atoms with Crippen molar-refractivity contribution in [3.8, 4) is 17.1 Å². The molecule has 9 nitrogen and oxygen atoms in total. The van der Waals surface area contributed by atoms with Crippen LogP contribution in [-0.4, -0.2) is 49.4 Å². The van der Waals surface area contributed by atoms with Gasteiger partial charge in [-0.2, -0.15) is 0 Å². The van der Waals surface area contributed by atoms with Crippen LogP contribution in [0, 0.1) is 0 Å². The summed E-state index contributed by atoms with van der Waals surface area (Å²) in [5.41, 5.74) is 9.19. The molecule has 0 aliphatic rings. The molecular weight excluding hydrogens is 384 g/mol. The third-order valence-corrected chi connectivity index (χ3v) is 4.75. The number of fused-ring (bicyclic) bond motifs is 3. The minimum absolute atomic E-state index is 0.299. The summed E-state index contributed by atoms with van der Waals surface area (Å²) in [6.07, 6.45) is 3.40. The fraction of sp³-hybridized carbons (Fsp3) is 0.333. The van der Waals surface area contributed by atoms with Gasteiger partial charge >= 0.3 is 6.01 Å². The molecule has 3 aromatic heterocycles. The first-order valence-electron chi connectivity index (χ1n) is 9.47. The Morgan fingerprint density at radius 2 is 1.83 bits per heavy atom. The number of aromatic nitrogens is 5. The second-order valence-electron chi connectivity index (χ2n) is 7.74. The molecule has 0 fully saturated rings. The number of ether oxygens (including phenoxy) is 2. The average molecular weight is 408 g/mol. The van der Waals surface area contributed by atoms with Crippen molar-refractivity contribution in [3.05, 3.63) is 36.4 Å². The molecule has 0 bridgehead atoms. The van der Waals surface area contributed by atoms with Crippen molar-refractivity contribution in [2.24, 2.45) is 0 Å². The van der Waals surface area contributed by atoms with Crippen LogP contribution in [0.25, 0.3) is 33.1 Å². The lowest BCUT2D eigenvalue weighted by Crippen LogP contribution is -2.27. The molecule has 4 rings (SSSR count). The Bertz CT molecular complexity index is 1210. The Labute approximate surface area is 173 Å². The minimum Gasteiger partial charge on any atom is -0.467 e. The summed E-state index contributed by atoms with van der Waals surface area (Å²) in [4.78, 5) is 17.5. The standard InChI is InChI=1S/C21H24N6O3/c1-21(2,28)11-27-16(10-29-3)26-17-18(27)14-6-5-12(7-15(14)25-19(17)22)13-8-23-20(30-4)24-9-13/h5-9,28H,10-11H2,1-4H3,(H2,22,25). The third-order valence-electron chi connectivity index (χ3n) is 4.75. The summed E-state index contributed by atoms with van der Waals surface area (Å²) >= 11 is 0. The maximum atomic E-state index is 10.5. The topological polar surface area (TPSA) is 121 Å². The van der Waals surface area contributed by atoms with Crippen LogP contribution >= 0.6 is 0 Å². The highest BCUT2D eigenvalue weighted by atomic mass is 16.5. The number of nitrogens with two attached hydrogens (primary N) is 1. The summed E-state index contributed by atoms with van der Waals surface area (Å²) in [7, 11) is 3.13. The van der Waals surface area contributed by atoms with Crippen molar-refractivity contribution in [2.45, 2.75) is 32.6 Å². The van der Waals surface area contributed by atoms with Crippen LogP contribution in [0.3, 0.4) is 0 Å². The number of imidazole rings is 1. The number of nitrogens with zero attached hydrogens (tertiary/aromatic N) is 5. The van der Waals surface area contributed by atoms with Crippen molar-refractivity contribution in [2.75, 3.05) is 20.0 Å². The van der Waals surface area contributed by atoms with Crippen molar-refractivity contribution < 1.29 is 14.6 Å². The zero-order chi connectivity index (χ0) is 21.5. The molecule has 30 heavy (non-hydrogen) atoms. The number of benzene rings is 1. The number of hydrogen-bond donors (Lipinski definition) is 2.